The number of hydrogen-bond acceptors (Lipinski definition) is 8. The second-order valence-corrected chi connectivity index (χ2v) is 9.98. The summed E-state index contributed by atoms with van der Waals surface area (Å²) in [5.41, 5.74) is 2.89. The zero-order valence-electron chi connectivity index (χ0n) is 21.4. The first-order valence-corrected chi connectivity index (χ1v) is 13.6. The van der Waals surface area contributed by atoms with Gasteiger partial charge in [-0.1, -0.05) is 54.9 Å². The predicted molar refractivity (Wildman–Crippen MR) is 146 cm³/mol. The van der Waals surface area contributed by atoms with Crippen LogP contribution in [0.3, 0.4) is 0 Å². The lowest BCUT2D eigenvalue weighted by atomic mass is 9.95. The molecule has 0 spiro atoms. The second-order valence-electron chi connectivity index (χ2n) is 8.48. The molecule has 2 aromatic carbocycles. The number of unbranched alkanes of at least 4 members (excludes halogenated alkanes) is 1. The number of anilines is 1. The summed E-state index contributed by atoms with van der Waals surface area (Å²) in [6.45, 7) is 6.39. The summed E-state index contributed by atoms with van der Waals surface area (Å²) in [5, 5.41) is 9.29. The number of nitrogens with zero attached hydrogens (tertiary/aromatic N) is 3. The molecule has 8 nitrogen and oxygen atoms in total. The molecule has 0 saturated carbocycles. The fourth-order valence-electron chi connectivity index (χ4n) is 4.04. The van der Waals surface area contributed by atoms with Crippen LogP contribution in [0.5, 0.6) is 11.5 Å². The van der Waals surface area contributed by atoms with E-state index in [1.165, 1.54) is 0 Å². The fraction of sp³-hybridized carbons (Fsp3) is 0.370. The zero-order chi connectivity index (χ0) is 26.4. The summed E-state index contributed by atoms with van der Waals surface area (Å²) in [4.78, 5) is 17.7. The number of halogens is 1. The monoisotopic (exact) mass is 542 g/mol. The molecule has 1 atom stereocenters. The van der Waals surface area contributed by atoms with Gasteiger partial charge < -0.3 is 19.5 Å². The van der Waals surface area contributed by atoms with Crippen LogP contribution in [0, 0.1) is 0 Å². The minimum atomic E-state index is -0.542. The molecule has 3 aromatic rings. The smallest absolute Gasteiger partial charge is 0.338 e. The van der Waals surface area contributed by atoms with Crippen molar-refractivity contribution in [2.45, 2.75) is 51.4 Å². The van der Waals surface area contributed by atoms with Gasteiger partial charge in [-0.25, -0.2) is 9.48 Å². The standard InChI is InChI=1S/C27H31ClN4O4S/c1-5-7-13-37-27-30-26-29-17(3)23(25(33)35-6-2)24(32(26)31-27)19-11-12-21(22(15-19)34-4)36-16-18-9-8-10-20(28)14-18/h8-12,14-15,24H,5-7,13,16H2,1-4H3,(H,29,30,31). The Kier molecular flexibility index (Phi) is 9.00. The summed E-state index contributed by atoms with van der Waals surface area (Å²) < 4.78 is 18.9. The van der Waals surface area contributed by atoms with E-state index in [1.54, 1.807) is 30.5 Å². The molecule has 1 aromatic heterocycles. The Hall–Kier alpha value is -3.17. The number of aromatic nitrogens is 3. The highest BCUT2D eigenvalue weighted by Crippen LogP contribution is 2.40. The molecule has 1 aliphatic rings. The average molecular weight is 543 g/mol. The molecule has 1 N–H and O–H groups in total. The van der Waals surface area contributed by atoms with Gasteiger partial charge >= 0.3 is 5.97 Å². The summed E-state index contributed by atoms with van der Waals surface area (Å²) in [6, 6.07) is 12.6. The minimum absolute atomic E-state index is 0.268. The van der Waals surface area contributed by atoms with Crippen molar-refractivity contribution in [3.63, 3.8) is 0 Å². The van der Waals surface area contributed by atoms with Crippen LogP contribution in [0.2, 0.25) is 5.02 Å². The third-order valence-corrected chi connectivity index (χ3v) is 7.00. The Balaban J connectivity index is 1.69. The third-order valence-electron chi connectivity index (χ3n) is 5.84. The minimum Gasteiger partial charge on any atom is -0.493 e. The molecule has 1 aliphatic heterocycles. The first-order chi connectivity index (χ1) is 17.9. The van der Waals surface area contributed by atoms with Crippen LogP contribution < -0.4 is 14.8 Å². The lowest BCUT2D eigenvalue weighted by Crippen LogP contribution is -2.29. The SMILES string of the molecule is CCCCSc1nc2n(n1)C(c1ccc(OCc3cccc(Cl)c3)c(OC)c1)C(C(=O)OCC)=C(C)N2. The van der Waals surface area contributed by atoms with Crippen molar-refractivity contribution in [3.8, 4) is 11.5 Å². The number of ether oxygens (including phenoxy) is 3. The highest BCUT2D eigenvalue weighted by Gasteiger charge is 2.35. The topological polar surface area (TPSA) is 87.5 Å². The Morgan fingerprint density at radius 3 is 2.76 bits per heavy atom. The summed E-state index contributed by atoms with van der Waals surface area (Å²) in [7, 11) is 1.59. The molecule has 10 heteroatoms. The molecule has 4 rings (SSSR count). The predicted octanol–water partition coefficient (Wildman–Crippen LogP) is 6.26. The Labute approximate surface area is 226 Å². The van der Waals surface area contributed by atoms with Crippen molar-refractivity contribution >= 4 is 35.3 Å². The van der Waals surface area contributed by atoms with Gasteiger partial charge in [0.15, 0.2) is 11.5 Å². The number of carbonyl (C=O) groups excluding carboxylic acids is 1. The number of hydrogen-bond donors (Lipinski definition) is 1. The van der Waals surface area contributed by atoms with E-state index in [9.17, 15) is 4.79 Å². The molecule has 0 fully saturated rings. The molecule has 37 heavy (non-hydrogen) atoms. The van der Waals surface area contributed by atoms with Gasteiger partial charge in [0.1, 0.15) is 12.6 Å². The number of thioether (sulfide) groups is 1. The number of benzene rings is 2. The molecule has 1 unspecified atom stereocenters. The van der Waals surface area contributed by atoms with Gasteiger partial charge in [-0.3, -0.25) is 0 Å². The van der Waals surface area contributed by atoms with E-state index in [-0.39, 0.29) is 6.61 Å². The first-order valence-electron chi connectivity index (χ1n) is 12.2. The van der Waals surface area contributed by atoms with Crippen molar-refractivity contribution in [1.82, 2.24) is 14.8 Å². The van der Waals surface area contributed by atoms with E-state index >= 15 is 0 Å². The largest absolute Gasteiger partial charge is 0.493 e. The highest BCUT2D eigenvalue weighted by atomic mass is 35.5. The maximum atomic E-state index is 13.1. The summed E-state index contributed by atoms with van der Waals surface area (Å²) in [6.07, 6.45) is 2.17. The van der Waals surface area contributed by atoms with Crippen molar-refractivity contribution in [3.05, 3.63) is 69.9 Å². The van der Waals surface area contributed by atoms with Gasteiger partial charge in [0.05, 0.1) is 19.3 Å². The molecular formula is C27H31ClN4O4S. The van der Waals surface area contributed by atoms with Crippen LogP contribution in [0.25, 0.3) is 0 Å². The van der Waals surface area contributed by atoms with Gasteiger partial charge in [0.2, 0.25) is 11.1 Å². The Morgan fingerprint density at radius 1 is 1.19 bits per heavy atom. The first kappa shape index (κ1) is 26.9. The van der Waals surface area contributed by atoms with Crippen molar-refractivity contribution in [1.29, 1.82) is 0 Å². The molecule has 2 heterocycles. The van der Waals surface area contributed by atoms with E-state index in [1.807, 2.05) is 49.4 Å². The van der Waals surface area contributed by atoms with Crippen LogP contribution >= 0.6 is 23.4 Å². The van der Waals surface area contributed by atoms with Crippen LogP contribution in [0.15, 0.2) is 58.9 Å². The van der Waals surface area contributed by atoms with Crippen LogP contribution in [-0.4, -0.2) is 40.2 Å². The number of esters is 1. The third kappa shape index (κ3) is 6.22. The lowest BCUT2D eigenvalue weighted by molar-refractivity contribution is -0.139. The second kappa shape index (κ2) is 12.4. The fourth-order valence-corrected chi connectivity index (χ4v) is 5.17. The number of allylic oxidation sites excluding steroid dienone is 1. The Bertz CT molecular complexity index is 1290. The van der Waals surface area contributed by atoms with Gasteiger partial charge in [-0.15, -0.1) is 5.10 Å². The summed E-state index contributed by atoms with van der Waals surface area (Å²) in [5.74, 6) is 2.22. The van der Waals surface area contributed by atoms with Crippen LogP contribution in [-0.2, 0) is 16.1 Å². The van der Waals surface area contributed by atoms with E-state index in [2.05, 4.69) is 17.2 Å². The molecule has 0 aliphatic carbocycles. The van der Waals surface area contributed by atoms with Gasteiger partial charge in [0, 0.05) is 16.5 Å². The molecule has 0 radical (unpaired) electrons. The normalized spacial score (nSPS) is 14.7. The van der Waals surface area contributed by atoms with Crippen molar-refractivity contribution in [2.75, 3.05) is 24.8 Å². The number of carbonyl (C=O) groups is 1. The Morgan fingerprint density at radius 2 is 2.03 bits per heavy atom. The zero-order valence-corrected chi connectivity index (χ0v) is 23.0. The molecular weight excluding hydrogens is 512 g/mol. The van der Waals surface area contributed by atoms with Gasteiger partial charge in [-0.2, -0.15) is 4.98 Å². The number of rotatable bonds is 11. The maximum Gasteiger partial charge on any atom is 0.338 e. The van der Waals surface area contributed by atoms with E-state index in [0.29, 0.717) is 45.5 Å². The summed E-state index contributed by atoms with van der Waals surface area (Å²) >= 11 is 7.70. The van der Waals surface area contributed by atoms with Gasteiger partial charge in [0.25, 0.3) is 0 Å². The number of methoxy groups -OCH3 is 1. The highest BCUT2D eigenvalue weighted by molar-refractivity contribution is 7.99. The van der Waals surface area contributed by atoms with Crippen LogP contribution in [0.4, 0.5) is 5.95 Å². The van der Waals surface area contributed by atoms with E-state index in [0.717, 1.165) is 29.7 Å². The quantitative estimate of drug-likeness (QED) is 0.172. The van der Waals surface area contributed by atoms with Gasteiger partial charge in [-0.05, 0) is 55.7 Å². The number of nitrogens with one attached hydrogen (secondary N) is 1. The number of fused-ring (bicyclic) bond motifs is 1. The molecule has 196 valence electrons. The molecule has 0 bridgehead atoms. The van der Waals surface area contributed by atoms with Crippen molar-refractivity contribution in [2.24, 2.45) is 0 Å². The lowest BCUT2D eigenvalue weighted by Gasteiger charge is -2.28. The van der Waals surface area contributed by atoms with E-state index in [4.69, 9.17) is 30.9 Å². The average Bonchev–Trinajstić information content (AvgIpc) is 3.29. The van der Waals surface area contributed by atoms with Crippen LogP contribution in [0.1, 0.15) is 50.8 Å². The molecule has 0 amide bonds. The maximum absolute atomic E-state index is 13.1. The van der Waals surface area contributed by atoms with Crippen molar-refractivity contribution < 1.29 is 19.0 Å². The molecule has 0 saturated heterocycles. The van der Waals surface area contributed by atoms with E-state index < -0.39 is 12.0 Å².